The minimum absolute atomic E-state index is 0.397. The van der Waals surface area contributed by atoms with Crippen LogP contribution in [0, 0.1) is 4.77 Å². The normalized spacial score (nSPS) is 18.0. The number of H-pyrrole nitrogens is 1. The van der Waals surface area contributed by atoms with Crippen molar-refractivity contribution < 1.29 is 4.74 Å². The summed E-state index contributed by atoms with van der Waals surface area (Å²) < 4.78 is 8.09. The molecule has 0 unspecified atom stereocenters. The summed E-state index contributed by atoms with van der Waals surface area (Å²) in [6, 6.07) is 0. The summed E-state index contributed by atoms with van der Waals surface area (Å²) in [5, 5.41) is 7.15. The number of rotatable bonds is 3. The summed E-state index contributed by atoms with van der Waals surface area (Å²) in [7, 11) is 1.78. The van der Waals surface area contributed by atoms with E-state index in [0.717, 1.165) is 38.4 Å². The molecule has 0 radical (unpaired) electrons. The van der Waals surface area contributed by atoms with Gasteiger partial charge in [-0.3, -0.25) is 4.57 Å². The Morgan fingerprint density at radius 2 is 2.19 bits per heavy atom. The van der Waals surface area contributed by atoms with Crippen molar-refractivity contribution in [2.24, 2.45) is 0 Å². The van der Waals surface area contributed by atoms with Crippen LogP contribution in [0.2, 0.25) is 0 Å². The lowest BCUT2D eigenvalue weighted by atomic mass is 10.1. The standard InChI is InChI=1S/C10H18N4OS/c1-3-14-9(11-12-10(14)16)13-6-4-8(15-2)5-7-13/h8H,3-7H2,1-2H3,(H,12,16). The molecule has 16 heavy (non-hydrogen) atoms. The summed E-state index contributed by atoms with van der Waals surface area (Å²) in [6.45, 7) is 4.90. The first-order valence-electron chi connectivity index (χ1n) is 5.69. The molecule has 0 saturated carbocycles. The average Bonchev–Trinajstić information content (AvgIpc) is 2.70. The molecule has 2 heterocycles. The lowest BCUT2D eigenvalue weighted by Gasteiger charge is -2.31. The molecule has 2 rings (SSSR count). The van der Waals surface area contributed by atoms with Crippen LogP contribution < -0.4 is 4.90 Å². The monoisotopic (exact) mass is 242 g/mol. The lowest BCUT2D eigenvalue weighted by Crippen LogP contribution is -2.38. The number of hydrogen-bond acceptors (Lipinski definition) is 4. The van der Waals surface area contributed by atoms with Crippen molar-refractivity contribution in [3.8, 4) is 0 Å². The summed E-state index contributed by atoms with van der Waals surface area (Å²) in [6.07, 6.45) is 2.51. The number of piperidine rings is 1. The Labute approximate surface area is 100 Å². The van der Waals surface area contributed by atoms with Gasteiger partial charge in [0, 0.05) is 26.7 Å². The van der Waals surface area contributed by atoms with E-state index in [0.29, 0.717) is 10.9 Å². The highest BCUT2D eigenvalue weighted by Gasteiger charge is 2.22. The van der Waals surface area contributed by atoms with Crippen molar-refractivity contribution in [1.82, 2.24) is 14.8 Å². The molecule has 5 nitrogen and oxygen atoms in total. The molecular weight excluding hydrogens is 224 g/mol. The highest BCUT2D eigenvalue weighted by atomic mass is 32.1. The van der Waals surface area contributed by atoms with Crippen LogP contribution >= 0.6 is 12.2 Å². The van der Waals surface area contributed by atoms with Crippen molar-refractivity contribution in [3.63, 3.8) is 0 Å². The molecule has 1 saturated heterocycles. The number of ether oxygens (including phenoxy) is 1. The molecule has 0 spiro atoms. The number of aromatic amines is 1. The Kier molecular flexibility index (Phi) is 3.60. The molecule has 0 atom stereocenters. The van der Waals surface area contributed by atoms with Gasteiger partial charge in [0.2, 0.25) is 5.95 Å². The zero-order valence-corrected chi connectivity index (χ0v) is 10.6. The molecule has 1 fully saturated rings. The van der Waals surface area contributed by atoms with E-state index in [1.165, 1.54) is 0 Å². The zero-order valence-electron chi connectivity index (χ0n) is 9.77. The van der Waals surface area contributed by atoms with Crippen molar-refractivity contribution in [1.29, 1.82) is 0 Å². The van der Waals surface area contributed by atoms with E-state index in [-0.39, 0.29) is 0 Å². The van der Waals surface area contributed by atoms with Crippen LogP contribution in [-0.2, 0) is 11.3 Å². The molecule has 1 aromatic rings. The number of hydrogen-bond donors (Lipinski definition) is 1. The first kappa shape index (κ1) is 11.6. The fourth-order valence-electron chi connectivity index (χ4n) is 2.13. The van der Waals surface area contributed by atoms with E-state index in [4.69, 9.17) is 17.0 Å². The molecule has 1 aromatic heterocycles. The van der Waals surface area contributed by atoms with Gasteiger partial charge in [-0.25, -0.2) is 5.10 Å². The van der Waals surface area contributed by atoms with Crippen LogP contribution in [0.3, 0.4) is 0 Å². The second-order valence-corrected chi connectivity index (χ2v) is 4.38. The molecule has 0 aliphatic carbocycles. The first-order chi connectivity index (χ1) is 7.76. The van der Waals surface area contributed by atoms with Gasteiger partial charge < -0.3 is 9.64 Å². The van der Waals surface area contributed by atoms with E-state index in [2.05, 4.69) is 22.0 Å². The number of nitrogens with one attached hydrogen (secondary N) is 1. The van der Waals surface area contributed by atoms with Gasteiger partial charge in [0.25, 0.3) is 0 Å². The fourth-order valence-corrected chi connectivity index (χ4v) is 2.38. The summed E-state index contributed by atoms with van der Waals surface area (Å²) in [4.78, 5) is 2.27. The number of anilines is 1. The molecule has 90 valence electrons. The fraction of sp³-hybridized carbons (Fsp3) is 0.800. The third-order valence-corrected chi connectivity index (χ3v) is 3.42. The van der Waals surface area contributed by atoms with Crippen LogP contribution in [0.1, 0.15) is 19.8 Å². The minimum Gasteiger partial charge on any atom is -0.381 e. The highest BCUT2D eigenvalue weighted by Crippen LogP contribution is 2.19. The molecule has 6 heteroatoms. The topological polar surface area (TPSA) is 46.1 Å². The molecule has 0 aromatic carbocycles. The highest BCUT2D eigenvalue weighted by molar-refractivity contribution is 7.71. The van der Waals surface area contributed by atoms with Gasteiger partial charge in [0.05, 0.1) is 6.10 Å². The van der Waals surface area contributed by atoms with Crippen LogP contribution in [0.4, 0.5) is 5.95 Å². The summed E-state index contributed by atoms with van der Waals surface area (Å²) in [5.74, 6) is 0.960. The van der Waals surface area contributed by atoms with Gasteiger partial charge >= 0.3 is 0 Å². The first-order valence-corrected chi connectivity index (χ1v) is 6.10. The van der Waals surface area contributed by atoms with E-state index in [1.807, 2.05) is 4.57 Å². The SMILES string of the molecule is CCn1c(N2CCC(OC)CC2)n[nH]c1=S. The Balaban J connectivity index is 2.11. The second kappa shape index (κ2) is 4.97. The van der Waals surface area contributed by atoms with Crippen LogP contribution in [0.25, 0.3) is 0 Å². The Bertz CT molecular complexity index is 392. The molecule has 1 aliphatic heterocycles. The Morgan fingerprint density at radius 1 is 1.50 bits per heavy atom. The molecule has 0 amide bonds. The predicted molar refractivity (Wildman–Crippen MR) is 65.3 cm³/mol. The van der Waals surface area contributed by atoms with Crippen LogP contribution in [0.5, 0.6) is 0 Å². The zero-order chi connectivity index (χ0) is 11.5. The van der Waals surface area contributed by atoms with Gasteiger partial charge in [0.1, 0.15) is 0 Å². The maximum atomic E-state index is 5.35. The minimum atomic E-state index is 0.397. The third kappa shape index (κ3) is 2.12. The number of methoxy groups -OCH3 is 1. The largest absolute Gasteiger partial charge is 0.381 e. The quantitative estimate of drug-likeness (QED) is 0.817. The van der Waals surface area contributed by atoms with E-state index in [1.54, 1.807) is 7.11 Å². The number of nitrogens with zero attached hydrogens (tertiary/aromatic N) is 3. The lowest BCUT2D eigenvalue weighted by molar-refractivity contribution is 0.0815. The second-order valence-electron chi connectivity index (χ2n) is 4.00. The van der Waals surface area contributed by atoms with Crippen LogP contribution in [0.15, 0.2) is 0 Å². The van der Waals surface area contributed by atoms with E-state index >= 15 is 0 Å². The van der Waals surface area contributed by atoms with Gasteiger partial charge in [-0.2, -0.15) is 0 Å². The molecule has 0 bridgehead atoms. The van der Waals surface area contributed by atoms with Gasteiger partial charge in [-0.1, -0.05) is 0 Å². The molecular formula is C10H18N4OS. The maximum Gasteiger partial charge on any atom is 0.225 e. The van der Waals surface area contributed by atoms with Gasteiger partial charge in [-0.15, -0.1) is 5.10 Å². The summed E-state index contributed by atoms with van der Waals surface area (Å²) >= 11 is 5.18. The Morgan fingerprint density at radius 3 is 2.75 bits per heavy atom. The summed E-state index contributed by atoms with van der Waals surface area (Å²) in [5.41, 5.74) is 0. The van der Waals surface area contributed by atoms with E-state index in [9.17, 15) is 0 Å². The predicted octanol–water partition coefficient (Wildman–Crippen LogP) is 1.58. The smallest absolute Gasteiger partial charge is 0.225 e. The average molecular weight is 242 g/mol. The van der Waals surface area contributed by atoms with Crippen molar-refractivity contribution in [2.75, 3.05) is 25.1 Å². The number of aromatic nitrogens is 3. The third-order valence-electron chi connectivity index (χ3n) is 3.11. The van der Waals surface area contributed by atoms with Crippen molar-refractivity contribution in [2.45, 2.75) is 32.4 Å². The Hall–Kier alpha value is -0.880. The van der Waals surface area contributed by atoms with Crippen molar-refractivity contribution >= 4 is 18.2 Å². The van der Waals surface area contributed by atoms with Crippen LogP contribution in [-0.4, -0.2) is 41.1 Å². The van der Waals surface area contributed by atoms with Crippen molar-refractivity contribution in [3.05, 3.63) is 4.77 Å². The van der Waals surface area contributed by atoms with E-state index < -0.39 is 0 Å². The van der Waals surface area contributed by atoms with Gasteiger partial charge in [0.15, 0.2) is 4.77 Å². The molecule has 1 aliphatic rings. The maximum absolute atomic E-state index is 5.35. The van der Waals surface area contributed by atoms with Gasteiger partial charge in [-0.05, 0) is 32.0 Å². The molecule has 1 N–H and O–H groups in total.